The molecule has 98 valence electrons. The summed E-state index contributed by atoms with van der Waals surface area (Å²) < 4.78 is 0. The molecule has 1 fully saturated rings. The van der Waals surface area contributed by atoms with Crippen molar-refractivity contribution >= 4 is 71.1 Å². The van der Waals surface area contributed by atoms with Gasteiger partial charge < -0.3 is 15.3 Å². The van der Waals surface area contributed by atoms with E-state index in [0.29, 0.717) is 25.9 Å². The number of piperidine rings is 1. The standard InChI is InChI=1S/C11H17NO5.2Na/c1-7(10(14)15)9(11(16)17)6-12-4-2-8(13)3-5-12;;/h8,13H,2-6H2,1H3,(H,14,15)(H,16,17);;/b9-7-;;. The van der Waals surface area contributed by atoms with Crippen LogP contribution in [0.2, 0.25) is 0 Å². The van der Waals surface area contributed by atoms with Crippen LogP contribution >= 0.6 is 0 Å². The number of likely N-dealkylation sites (tertiary alicyclic amines) is 1. The van der Waals surface area contributed by atoms with Gasteiger partial charge >= 0.3 is 11.9 Å². The first-order chi connectivity index (χ1) is 7.91. The molecule has 2 radical (unpaired) electrons. The molecule has 1 aliphatic rings. The summed E-state index contributed by atoms with van der Waals surface area (Å²) in [7, 11) is 0. The topological polar surface area (TPSA) is 98.1 Å². The third-order valence-corrected chi connectivity index (χ3v) is 2.97. The van der Waals surface area contributed by atoms with Gasteiger partial charge in [0.2, 0.25) is 0 Å². The quantitative estimate of drug-likeness (QED) is 0.461. The van der Waals surface area contributed by atoms with Gasteiger partial charge in [-0.1, -0.05) is 0 Å². The maximum atomic E-state index is 11.0. The summed E-state index contributed by atoms with van der Waals surface area (Å²) in [6.45, 7) is 2.58. The van der Waals surface area contributed by atoms with Gasteiger partial charge in [-0.3, -0.25) is 4.90 Å². The zero-order chi connectivity index (χ0) is 13.0. The van der Waals surface area contributed by atoms with Crippen molar-refractivity contribution in [3.63, 3.8) is 0 Å². The number of hydrogen-bond donors (Lipinski definition) is 3. The third kappa shape index (κ3) is 7.24. The Hall–Kier alpha value is 0.600. The van der Waals surface area contributed by atoms with E-state index in [9.17, 15) is 14.7 Å². The first kappa shape index (κ1) is 21.9. The predicted molar refractivity (Wildman–Crippen MR) is 71.2 cm³/mol. The zero-order valence-electron chi connectivity index (χ0n) is 11.7. The van der Waals surface area contributed by atoms with Crippen molar-refractivity contribution in [1.29, 1.82) is 0 Å². The number of carboxylic acid groups (broad SMARTS) is 2. The Morgan fingerprint density at radius 1 is 1.11 bits per heavy atom. The summed E-state index contributed by atoms with van der Waals surface area (Å²) in [5, 5.41) is 27.1. The maximum Gasteiger partial charge on any atom is 0.333 e. The van der Waals surface area contributed by atoms with E-state index in [4.69, 9.17) is 10.2 Å². The molecular formula is C11H17NNa2O5. The average molecular weight is 289 g/mol. The van der Waals surface area contributed by atoms with Crippen LogP contribution in [-0.2, 0) is 9.59 Å². The van der Waals surface area contributed by atoms with Crippen molar-refractivity contribution in [2.75, 3.05) is 19.6 Å². The summed E-state index contributed by atoms with van der Waals surface area (Å²) in [6.07, 6.45) is 0.863. The fourth-order valence-electron chi connectivity index (χ4n) is 1.78. The van der Waals surface area contributed by atoms with Crippen LogP contribution in [-0.4, -0.2) is 117 Å². The van der Waals surface area contributed by atoms with E-state index < -0.39 is 11.9 Å². The van der Waals surface area contributed by atoms with Gasteiger partial charge in [0.15, 0.2) is 0 Å². The SMILES string of the molecule is C/C(C(=O)O)=C(\CN1CCC(O)CC1)C(=O)O.[Na].[Na]. The number of aliphatic hydroxyl groups excluding tert-OH is 1. The van der Waals surface area contributed by atoms with Gasteiger partial charge in [-0.25, -0.2) is 9.59 Å². The zero-order valence-corrected chi connectivity index (χ0v) is 15.7. The second-order valence-electron chi connectivity index (χ2n) is 4.22. The molecule has 0 amide bonds. The summed E-state index contributed by atoms with van der Waals surface area (Å²) in [5.74, 6) is -2.41. The molecule has 0 unspecified atom stereocenters. The molecule has 0 aromatic rings. The van der Waals surface area contributed by atoms with Crippen LogP contribution in [0.5, 0.6) is 0 Å². The Morgan fingerprint density at radius 3 is 1.95 bits per heavy atom. The molecule has 8 heteroatoms. The summed E-state index contributed by atoms with van der Waals surface area (Å²) >= 11 is 0. The normalized spacial score (nSPS) is 17.8. The van der Waals surface area contributed by atoms with Crippen LogP contribution in [0.15, 0.2) is 11.1 Å². The van der Waals surface area contributed by atoms with Gasteiger partial charge in [-0.05, 0) is 19.8 Å². The molecule has 3 N–H and O–H groups in total. The van der Waals surface area contributed by atoms with Crippen LogP contribution in [0, 0.1) is 0 Å². The molecule has 0 bridgehead atoms. The monoisotopic (exact) mass is 289 g/mol. The summed E-state index contributed by atoms with van der Waals surface area (Å²) in [5.41, 5.74) is -0.225. The van der Waals surface area contributed by atoms with E-state index >= 15 is 0 Å². The minimum absolute atomic E-state index is 0. The van der Waals surface area contributed by atoms with Gasteiger partial charge in [0.05, 0.1) is 11.7 Å². The minimum Gasteiger partial charge on any atom is -0.478 e. The number of aliphatic hydroxyl groups is 1. The van der Waals surface area contributed by atoms with Crippen LogP contribution in [0.25, 0.3) is 0 Å². The third-order valence-electron chi connectivity index (χ3n) is 2.97. The van der Waals surface area contributed by atoms with E-state index in [2.05, 4.69) is 0 Å². The minimum atomic E-state index is -1.21. The molecule has 0 spiro atoms. The summed E-state index contributed by atoms with van der Waals surface area (Å²) in [6, 6.07) is 0. The van der Waals surface area contributed by atoms with E-state index in [0.717, 1.165) is 0 Å². The number of hydrogen-bond acceptors (Lipinski definition) is 4. The molecule has 1 saturated heterocycles. The fraction of sp³-hybridized carbons (Fsp3) is 0.636. The Labute approximate surface area is 156 Å². The molecule has 1 rings (SSSR count). The largest absolute Gasteiger partial charge is 0.478 e. The number of nitrogens with zero attached hydrogens (tertiary/aromatic N) is 1. The first-order valence-electron chi connectivity index (χ1n) is 5.48. The van der Waals surface area contributed by atoms with Crippen molar-refractivity contribution in [1.82, 2.24) is 4.90 Å². The van der Waals surface area contributed by atoms with Crippen molar-refractivity contribution < 1.29 is 24.9 Å². The van der Waals surface area contributed by atoms with E-state index in [1.54, 1.807) is 0 Å². The van der Waals surface area contributed by atoms with E-state index in [-0.39, 0.29) is 82.9 Å². The van der Waals surface area contributed by atoms with E-state index in [1.807, 2.05) is 4.90 Å². The van der Waals surface area contributed by atoms with Gasteiger partial charge in [0.1, 0.15) is 0 Å². The van der Waals surface area contributed by atoms with Gasteiger partial charge in [0, 0.05) is 84.3 Å². The molecule has 19 heavy (non-hydrogen) atoms. The number of aliphatic carboxylic acids is 2. The first-order valence-corrected chi connectivity index (χ1v) is 5.48. The molecule has 0 atom stereocenters. The molecule has 0 saturated carbocycles. The summed E-state index contributed by atoms with van der Waals surface area (Å²) in [4.78, 5) is 23.6. The second kappa shape index (κ2) is 10.3. The van der Waals surface area contributed by atoms with Crippen molar-refractivity contribution in [3.05, 3.63) is 11.1 Å². The molecule has 0 aromatic carbocycles. The predicted octanol–water partition coefficient (Wildman–Crippen LogP) is -0.833. The number of carboxylic acids is 2. The molecule has 1 aliphatic heterocycles. The fourth-order valence-corrected chi connectivity index (χ4v) is 1.78. The molecular weight excluding hydrogens is 272 g/mol. The van der Waals surface area contributed by atoms with Crippen LogP contribution in [0.1, 0.15) is 19.8 Å². The van der Waals surface area contributed by atoms with Gasteiger partial charge in [-0.2, -0.15) is 0 Å². The van der Waals surface area contributed by atoms with Crippen molar-refractivity contribution in [2.24, 2.45) is 0 Å². The van der Waals surface area contributed by atoms with E-state index in [1.165, 1.54) is 6.92 Å². The molecule has 0 aromatic heterocycles. The van der Waals surface area contributed by atoms with Crippen LogP contribution in [0.4, 0.5) is 0 Å². The number of carbonyl (C=O) groups is 2. The maximum absolute atomic E-state index is 11.0. The van der Waals surface area contributed by atoms with Crippen LogP contribution in [0.3, 0.4) is 0 Å². The number of rotatable bonds is 4. The smallest absolute Gasteiger partial charge is 0.333 e. The second-order valence-corrected chi connectivity index (χ2v) is 4.22. The molecule has 6 nitrogen and oxygen atoms in total. The van der Waals surface area contributed by atoms with Gasteiger partial charge in [-0.15, -0.1) is 0 Å². The Kier molecular flexibility index (Phi) is 11.9. The molecule has 0 aliphatic carbocycles. The van der Waals surface area contributed by atoms with Crippen LogP contribution < -0.4 is 0 Å². The Morgan fingerprint density at radius 2 is 1.58 bits per heavy atom. The Bertz CT molecular complexity index is 351. The molecule has 1 heterocycles. The van der Waals surface area contributed by atoms with Crippen molar-refractivity contribution in [2.45, 2.75) is 25.9 Å². The Balaban J connectivity index is 0. The van der Waals surface area contributed by atoms with Gasteiger partial charge in [0.25, 0.3) is 0 Å². The average Bonchev–Trinajstić information content (AvgIpc) is 2.26. The van der Waals surface area contributed by atoms with Crippen molar-refractivity contribution in [3.8, 4) is 0 Å².